The first-order chi connectivity index (χ1) is 11.9. The van der Waals surface area contributed by atoms with Crippen LogP contribution < -0.4 is 11.0 Å². The second-order valence-electron chi connectivity index (χ2n) is 6.39. The van der Waals surface area contributed by atoms with Gasteiger partial charge in [-0.05, 0) is 18.9 Å². The summed E-state index contributed by atoms with van der Waals surface area (Å²) in [6, 6.07) is 7.70. The molecule has 0 atom stereocenters. The Balaban J connectivity index is 2.02. The van der Waals surface area contributed by atoms with Crippen molar-refractivity contribution in [1.29, 1.82) is 0 Å². The third-order valence-corrected chi connectivity index (χ3v) is 4.14. The highest BCUT2D eigenvalue weighted by atomic mass is 16.2. The molecule has 1 aromatic carbocycles. The molecule has 1 amide bonds. The molecule has 0 bridgehead atoms. The van der Waals surface area contributed by atoms with Crippen molar-refractivity contribution >= 4 is 22.5 Å². The molecular formula is C18H21N5O2. The maximum Gasteiger partial charge on any atom is 0.345 e. The Morgan fingerprint density at radius 3 is 2.64 bits per heavy atom. The molecule has 2 aromatic heterocycles. The molecule has 25 heavy (non-hydrogen) atoms. The van der Waals surface area contributed by atoms with Gasteiger partial charge in [-0.1, -0.05) is 32.0 Å². The van der Waals surface area contributed by atoms with Crippen LogP contribution in [0.2, 0.25) is 0 Å². The van der Waals surface area contributed by atoms with Gasteiger partial charge < -0.3 is 5.32 Å². The smallest absolute Gasteiger partial charge is 0.324 e. The standard InChI is InChI=1S/C18H21N5O2/c1-11(2)16-12(3)20-14-8-6-5-7-13(14)17(16)21-15(24)9-23-18(25)22(4)10-19-23/h5-8,10-11H,9H2,1-4H3,(H,20,21,24). The Morgan fingerprint density at radius 2 is 2.00 bits per heavy atom. The van der Waals surface area contributed by atoms with Crippen LogP contribution in [0.5, 0.6) is 0 Å². The number of fused-ring (bicyclic) bond motifs is 1. The molecule has 3 aromatic rings. The monoisotopic (exact) mass is 339 g/mol. The first-order valence-corrected chi connectivity index (χ1v) is 8.16. The molecule has 0 spiro atoms. The fraction of sp³-hybridized carbons (Fsp3) is 0.333. The van der Waals surface area contributed by atoms with Crippen molar-refractivity contribution in [1.82, 2.24) is 19.3 Å². The fourth-order valence-corrected chi connectivity index (χ4v) is 3.03. The van der Waals surface area contributed by atoms with Gasteiger partial charge in [0.2, 0.25) is 5.91 Å². The van der Waals surface area contributed by atoms with E-state index < -0.39 is 0 Å². The van der Waals surface area contributed by atoms with E-state index in [1.165, 1.54) is 10.9 Å². The maximum absolute atomic E-state index is 12.5. The minimum Gasteiger partial charge on any atom is -0.324 e. The summed E-state index contributed by atoms with van der Waals surface area (Å²) in [5, 5.41) is 7.79. The summed E-state index contributed by atoms with van der Waals surface area (Å²) in [6.07, 6.45) is 1.39. The number of para-hydroxylation sites is 1. The Hall–Kier alpha value is -2.96. The SMILES string of the molecule is Cc1nc2ccccc2c(NC(=O)Cn2ncn(C)c2=O)c1C(C)C. The number of aromatic nitrogens is 4. The molecule has 1 N–H and O–H groups in total. The van der Waals surface area contributed by atoms with Crippen molar-refractivity contribution in [2.24, 2.45) is 7.05 Å². The predicted octanol–water partition coefficient (Wildman–Crippen LogP) is 2.20. The van der Waals surface area contributed by atoms with Crippen molar-refractivity contribution in [3.8, 4) is 0 Å². The van der Waals surface area contributed by atoms with Gasteiger partial charge in [0.1, 0.15) is 12.9 Å². The average Bonchev–Trinajstić information content (AvgIpc) is 2.86. The van der Waals surface area contributed by atoms with Crippen molar-refractivity contribution in [2.75, 3.05) is 5.32 Å². The van der Waals surface area contributed by atoms with E-state index in [0.29, 0.717) is 0 Å². The third-order valence-electron chi connectivity index (χ3n) is 4.14. The topological polar surface area (TPSA) is 81.8 Å². The number of anilines is 1. The van der Waals surface area contributed by atoms with Crippen LogP contribution in [0, 0.1) is 6.92 Å². The Kier molecular flexibility index (Phi) is 4.39. The number of rotatable bonds is 4. The van der Waals surface area contributed by atoms with Crippen LogP contribution in [0.25, 0.3) is 10.9 Å². The van der Waals surface area contributed by atoms with Gasteiger partial charge in [-0.3, -0.25) is 14.3 Å². The molecule has 0 saturated carbocycles. The molecular weight excluding hydrogens is 318 g/mol. The minimum absolute atomic E-state index is 0.132. The summed E-state index contributed by atoms with van der Waals surface area (Å²) in [4.78, 5) is 29.0. The van der Waals surface area contributed by atoms with E-state index in [0.717, 1.165) is 32.5 Å². The van der Waals surface area contributed by atoms with Crippen molar-refractivity contribution < 1.29 is 4.79 Å². The highest BCUT2D eigenvalue weighted by molar-refractivity contribution is 6.02. The van der Waals surface area contributed by atoms with E-state index >= 15 is 0 Å². The van der Waals surface area contributed by atoms with Gasteiger partial charge >= 0.3 is 5.69 Å². The van der Waals surface area contributed by atoms with E-state index in [1.54, 1.807) is 7.05 Å². The van der Waals surface area contributed by atoms with Crippen LogP contribution >= 0.6 is 0 Å². The molecule has 7 heteroatoms. The van der Waals surface area contributed by atoms with Crippen LogP contribution in [-0.4, -0.2) is 25.2 Å². The van der Waals surface area contributed by atoms with Crippen molar-refractivity contribution in [3.63, 3.8) is 0 Å². The van der Waals surface area contributed by atoms with Gasteiger partial charge in [0, 0.05) is 23.7 Å². The third kappa shape index (κ3) is 3.17. The molecule has 2 heterocycles. The highest BCUT2D eigenvalue weighted by Gasteiger charge is 2.18. The first-order valence-electron chi connectivity index (χ1n) is 8.16. The van der Waals surface area contributed by atoms with Crippen LogP contribution in [0.15, 0.2) is 35.4 Å². The molecule has 0 fully saturated rings. The van der Waals surface area contributed by atoms with E-state index in [9.17, 15) is 9.59 Å². The summed E-state index contributed by atoms with van der Waals surface area (Å²) in [6.45, 7) is 5.95. The number of aryl methyl sites for hydroxylation is 2. The number of benzene rings is 1. The van der Waals surface area contributed by atoms with Gasteiger partial charge in [-0.2, -0.15) is 5.10 Å². The maximum atomic E-state index is 12.5. The van der Waals surface area contributed by atoms with Crippen LogP contribution in [0.3, 0.4) is 0 Å². The number of hydrogen-bond donors (Lipinski definition) is 1. The number of hydrogen-bond acceptors (Lipinski definition) is 4. The van der Waals surface area contributed by atoms with Crippen molar-refractivity contribution in [3.05, 3.63) is 52.3 Å². The van der Waals surface area contributed by atoms with Crippen molar-refractivity contribution in [2.45, 2.75) is 33.2 Å². The first kappa shape index (κ1) is 16.9. The van der Waals surface area contributed by atoms with Gasteiger partial charge in [0.05, 0.1) is 11.2 Å². The predicted molar refractivity (Wildman–Crippen MR) is 96.7 cm³/mol. The van der Waals surface area contributed by atoms with Gasteiger partial charge in [0.25, 0.3) is 0 Å². The Morgan fingerprint density at radius 1 is 1.28 bits per heavy atom. The molecule has 0 unspecified atom stereocenters. The fourth-order valence-electron chi connectivity index (χ4n) is 3.03. The van der Waals surface area contributed by atoms with E-state index in [-0.39, 0.29) is 24.1 Å². The molecule has 7 nitrogen and oxygen atoms in total. The summed E-state index contributed by atoms with van der Waals surface area (Å²) >= 11 is 0. The number of carbonyl (C=O) groups excluding carboxylic acids is 1. The number of carbonyl (C=O) groups is 1. The van der Waals surface area contributed by atoms with Crippen LogP contribution in [0.1, 0.15) is 31.0 Å². The minimum atomic E-state index is -0.324. The van der Waals surface area contributed by atoms with Gasteiger partial charge in [-0.25, -0.2) is 9.48 Å². The number of nitrogens with zero attached hydrogens (tertiary/aromatic N) is 4. The second-order valence-corrected chi connectivity index (χ2v) is 6.39. The van der Waals surface area contributed by atoms with E-state index in [2.05, 4.69) is 29.2 Å². The van der Waals surface area contributed by atoms with Gasteiger partial charge in [-0.15, -0.1) is 0 Å². The Labute approximate surface area is 145 Å². The normalized spacial score (nSPS) is 11.2. The Bertz CT molecular complexity index is 1000. The molecule has 130 valence electrons. The molecule has 0 aliphatic rings. The summed E-state index contributed by atoms with van der Waals surface area (Å²) < 4.78 is 2.47. The lowest BCUT2D eigenvalue weighted by atomic mass is 9.96. The highest BCUT2D eigenvalue weighted by Crippen LogP contribution is 2.33. The summed E-state index contributed by atoms with van der Waals surface area (Å²) in [7, 11) is 1.60. The zero-order valence-electron chi connectivity index (χ0n) is 14.8. The van der Waals surface area contributed by atoms with Crippen LogP contribution in [-0.2, 0) is 18.4 Å². The lowest BCUT2D eigenvalue weighted by Crippen LogP contribution is -2.29. The molecule has 0 saturated heterocycles. The lowest BCUT2D eigenvalue weighted by molar-refractivity contribution is -0.117. The second kappa shape index (κ2) is 6.51. The zero-order chi connectivity index (χ0) is 18.1. The summed E-state index contributed by atoms with van der Waals surface area (Å²) in [5.41, 5.74) is 3.15. The summed E-state index contributed by atoms with van der Waals surface area (Å²) in [5.74, 6) is -0.0940. The average molecular weight is 339 g/mol. The largest absolute Gasteiger partial charge is 0.345 e. The van der Waals surface area contributed by atoms with E-state index in [4.69, 9.17) is 0 Å². The molecule has 3 rings (SSSR count). The molecule has 0 aliphatic heterocycles. The number of nitrogens with one attached hydrogen (secondary N) is 1. The number of pyridine rings is 1. The van der Waals surface area contributed by atoms with Gasteiger partial charge in [0.15, 0.2) is 0 Å². The van der Waals surface area contributed by atoms with E-state index in [1.807, 2.05) is 31.2 Å². The molecule has 0 aliphatic carbocycles. The van der Waals surface area contributed by atoms with Crippen LogP contribution in [0.4, 0.5) is 5.69 Å². The molecule has 0 radical (unpaired) electrons. The number of amides is 1. The zero-order valence-corrected chi connectivity index (χ0v) is 14.8. The lowest BCUT2D eigenvalue weighted by Gasteiger charge is -2.18. The quantitative estimate of drug-likeness (QED) is 0.790.